The first-order valence-corrected chi connectivity index (χ1v) is 5.30. The van der Waals surface area contributed by atoms with Gasteiger partial charge in [0.05, 0.1) is 5.69 Å². The van der Waals surface area contributed by atoms with Crippen LogP contribution in [0.2, 0.25) is 0 Å². The van der Waals surface area contributed by atoms with Crippen LogP contribution in [0.1, 0.15) is 11.4 Å². The molecule has 0 amide bonds. The minimum atomic E-state index is -4.49. The number of aromatic amines is 1. The van der Waals surface area contributed by atoms with E-state index in [1.165, 1.54) is 30.5 Å². The van der Waals surface area contributed by atoms with Crippen molar-refractivity contribution >= 4 is 0 Å². The molecule has 0 fully saturated rings. The van der Waals surface area contributed by atoms with Gasteiger partial charge in [0.25, 0.3) is 5.56 Å². The van der Waals surface area contributed by atoms with Gasteiger partial charge in [-0.25, -0.2) is 4.98 Å². The van der Waals surface area contributed by atoms with Crippen molar-refractivity contribution in [2.75, 3.05) is 0 Å². The molecular formula is C12H9F3N2O2. The summed E-state index contributed by atoms with van der Waals surface area (Å²) < 4.78 is 42.5. The Kier molecular flexibility index (Phi) is 3.55. The highest BCUT2D eigenvalue weighted by molar-refractivity contribution is 5.18. The molecule has 1 N–H and O–H groups in total. The highest BCUT2D eigenvalue weighted by Gasteiger charge is 2.32. The summed E-state index contributed by atoms with van der Waals surface area (Å²) in [5.74, 6) is 0.267. The van der Waals surface area contributed by atoms with E-state index in [4.69, 9.17) is 4.74 Å². The normalized spacial score (nSPS) is 11.3. The largest absolute Gasteiger partial charge is 0.487 e. The Morgan fingerprint density at radius 3 is 2.74 bits per heavy atom. The van der Waals surface area contributed by atoms with Crippen LogP contribution in [0.4, 0.5) is 13.2 Å². The number of H-pyrrole nitrogens is 1. The number of halogens is 3. The van der Waals surface area contributed by atoms with Crippen LogP contribution in [0.15, 0.2) is 41.3 Å². The highest BCUT2D eigenvalue weighted by atomic mass is 19.4. The summed E-state index contributed by atoms with van der Waals surface area (Å²) in [4.78, 5) is 16.8. The van der Waals surface area contributed by atoms with Crippen molar-refractivity contribution in [2.24, 2.45) is 0 Å². The van der Waals surface area contributed by atoms with Crippen LogP contribution < -0.4 is 10.3 Å². The molecule has 7 heteroatoms. The molecule has 2 aromatic rings. The first-order valence-electron chi connectivity index (χ1n) is 5.30. The molecule has 0 aliphatic rings. The quantitative estimate of drug-likeness (QED) is 0.931. The molecule has 0 saturated heterocycles. The van der Waals surface area contributed by atoms with E-state index in [9.17, 15) is 18.0 Å². The van der Waals surface area contributed by atoms with Crippen molar-refractivity contribution < 1.29 is 17.9 Å². The Balaban J connectivity index is 2.10. The van der Waals surface area contributed by atoms with Gasteiger partial charge in [-0.3, -0.25) is 4.79 Å². The maximum absolute atomic E-state index is 12.4. The van der Waals surface area contributed by atoms with Crippen LogP contribution in [-0.2, 0) is 12.8 Å². The molecule has 0 aromatic carbocycles. The minimum Gasteiger partial charge on any atom is -0.487 e. The molecule has 100 valence electrons. The van der Waals surface area contributed by atoms with Gasteiger partial charge in [0.2, 0.25) is 0 Å². The molecule has 0 atom stereocenters. The van der Waals surface area contributed by atoms with E-state index >= 15 is 0 Å². The van der Waals surface area contributed by atoms with Crippen LogP contribution in [-0.4, -0.2) is 9.97 Å². The molecule has 4 nitrogen and oxygen atoms in total. The average molecular weight is 270 g/mol. The summed E-state index contributed by atoms with van der Waals surface area (Å²) in [6, 6.07) is 6.26. The van der Waals surface area contributed by atoms with Crippen molar-refractivity contribution in [2.45, 2.75) is 12.8 Å². The van der Waals surface area contributed by atoms with E-state index in [0.29, 0.717) is 0 Å². The standard InChI is InChI=1S/C12H9F3N2O2/c13-12(14,15)10-3-1-2-8(17-10)7-19-9-4-5-16-11(18)6-9/h1-6H,7H2,(H,16,18). The fourth-order valence-corrected chi connectivity index (χ4v) is 1.39. The van der Waals surface area contributed by atoms with Gasteiger partial charge in [0.1, 0.15) is 18.1 Å². The van der Waals surface area contributed by atoms with Crippen molar-refractivity contribution in [3.8, 4) is 5.75 Å². The third kappa shape index (κ3) is 3.57. The van der Waals surface area contributed by atoms with Crippen LogP contribution in [0.3, 0.4) is 0 Å². The van der Waals surface area contributed by atoms with Gasteiger partial charge in [-0.2, -0.15) is 13.2 Å². The van der Waals surface area contributed by atoms with Gasteiger partial charge in [-0.1, -0.05) is 6.07 Å². The van der Waals surface area contributed by atoms with Gasteiger partial charge in [-0.15, -0.1) is 0 Å². The summed E-state index contributed by atoms with van der Waals surface area (Å²) in [7, 11) is 0. The van der Waals surface area contributed by atoms with Crippen molar-refractivity contribution in [3.63, 3.8) is 0 Å². The third-order valence-corrected chi connectivity index (χ3v) is 2.23. The molecule has 0 bridgehead atoms. The fraction of sp³-hybridized carbons (Fsp3) is 0.167. The zero-order valence-corrected chi connectivity index (χ0v) is 9.57. The van der Waals surface area contributed by atoms with E-state index in [1.807, 2.05) is 0 Å². The molecule has 0 radical (unpaired) electrons. The second-order valence-electron chi connectivity index (χ2n) is 3.69. The number of hydrogen-bond acceptors (Lipinski definition) is 3. The van der Waals surface area contributed by atoms with E-state index in [-0.39, 0.29) is 23.6 Å². The Hall–Kier alpha value is -2.31. The zero-order valence-electron chi connectivity index (χ0n) is 9.57. The van der Waals surface area contributed by atoms with Crippen molar-refractivity contribution in [1.29, 1.82) is 0 Å². The molecule has 0 saturated carbocycles. The Morgan fingerprint density at radius 2 is 2.05 bits per heavy atom. The van der Waals surface area contributed by atoms with Crippen LogP contribution in [0.5, 0.6) is 5.75 Å². The fourth-order valence-electron chi connectivity index (χ4n) is 1.39. The topological polar surface area (TPSA) is 55.0 Å². The molecule has 0 aliphatic heterocycles. The van der Waals surface area contributed by atoms with Crippen molar-refractivity contribution in [3.05, 3.63) is 58.3 Å². The van der Waals surface area contributed by atoms with Gasteiger partial charge in [0.15, 0.2) is 0 Å². The SMILES string of the molecule is O=c1cc(OCc2cccc(C(F)(F)F)n2)cc[nH]1. The number of ether oxygens (including phenoxy) is 1. The summed E-state index contributed by atoms with van der Waals surface area (Å²) in [5.41, 5.74) is -1.19. The third-order valence-electron chi connectivity index (χ3n) is 2.23. The molecular weight excluding hydrogens is 261 g/mol. The maximum Gasteiger partial charge on any atom is 0.433 e. The lowest BCUT2D eigenvalue weighted by atomic mass is 10.3. The predicted octanol–water partition coefficient (Wildman–Crippen LogP) is 2.37. The molecule has 2 heterocycles. The van der Waals surface area contributed by atoms with E-state index in [0.717, 1.165) is 6.07 Å². The molecule has 2 rings (SSSR count). The Morgan fingerprint density at radius 1 is 1.26 bits per heavy atom. The van der Waals surface area contributed by atoms with Gasteiger partial charge in [-0.05, 0) is 18.2 Å². The van der Waals surface area contributed by atoms with Gasteiger partial charge in [0, 0.05) is 12.3 Å². The number of aromatic nitrogens is 2. The van der Waals surface area contributed by atoms with E-state index in [2.05, 4.69) is 9.97 Å². The number of pyridine rings is 2. The molecule has 19 heavy (non-hydrogen) atoms. The Bertz CT molecular complexity index is 623. The van der Waals surface area contributed by atoms with Crippen LogP contribution >= 0.6 is 0 Å². The summed E-state index contributed by atoms with van der Waals surface area (Å²) in [5, 5.41) is 0. The molecule has 0 spiro atoms. The van der Waals surface area contributed by atoms with E-state index < -0.39 is 11.9 Å². The number of nitrogens with zero attached hydrogens (tertiary/aromatic N) is 1. The van der Waals surface area contributed by atoms with Crippen LogP contribution in [0, 0.1) is 0 Å². The van der Waals surface area contributed by atoms with Gasteiger partial charge < -0.3 is 9.72 Å². The minimum absolute atomic E-state index is 0.134. The second-order valence-corrected chi connectivity index (χ2v) is 3.69. The Labute approximate surface area is 105 Å². The summed E-state index contributed by atoms with van der Waals surface area (Å²) >= 11 is 0. The smallest absolute Gasteiger partial charge is 0.433 e. The maximum atomic E-state index is 12.4. The monoisotopic (exact) mass is 270 g/mol. The molecule has 2 aromatic heterocycles. The predicted molar refractivity (Wildman–Crippen MR) is 60.6 cm³/mol. The number of alkyl halides is 3. The van der Waals surface area contributed by atoms with Crippen LogP contribution in [0.25, 0.3) is 0 Å². The second kappa shape index (κ2) is 5.13. The van der Waals surface area contributed by atoms with E-state index in [1.54, 1.807) is 0 Å². The zero-order chi connectivity index (χ0) is 13.9. The lowest BCUT2D eigenvalue weighted by Gasteiger charge is -2.08. The van der Waals surface area contributed by atoms with Crippen molar-refractivity contribution in [1.82, 2.24) is 9.97 Å². The first-order chi connectivity index (χ1) is 8.95. The lowest BCUT2D eigenvalue weighted by molar-refractivity contribution is -0.141. The molecule has 0 unspecified atom stereocenters. The number of hydrogen-bond donors (Lipinski definition) is 1. The first kappa shape index (κ1) is 13.1. The molecule has 0 aliphatic carbocycles. The number of nitrogens with one attached hydrogen (secondary N) is 1. The average Bonchev–Trinajstić information content (AvgIpc) is 2.36. The lowest BCUT2D eigenvalue weighted by Crippen LogP contribution is -2.10. The number of rotatable bonds is 3. The summed E-state index contributed by atoms with van der Waals surface area (Å²) in [6.45, 7) is -0.145. The highest BCUT2D eigenvalue weighted by Crippen LogP contribution is 2.27. The summed E-state index contributed by atoms with van der Waals surface area (Å²) in [6.07, 6.45) is -3.10. The van der Waals surface area contributed by atoms with Gasteiger partial charge >= 0.3 is 6.18 Å².